The van der Waals surface area contributed by atoms with E-state index in [4.69, 9.17) is 4.74 Å². The third-order valence-electron chi connectivity index (χ3n) is 5.08. The average Bonchev–Trinajstić information content (AvgIpc) is 3.63. The number of thiazole rings is 1. The fraction of sp³-hybridized carbons (Fsp3) is 0.125. The third-order valence-corrected chi connectivity index (χ3v) is 7.88. The van der Waals surface area contributed by atoms with Gasteiger partial charge in [0.15, 0.2) is 0 Å². The molecule has 1 unspecified atom stereocenters. The maximum Gasteiger partial charge on any atom is 0.329 e. The van der Waals surface area contributed by atoms with Crippen molar-refractivity contribution in [3.8, 4) is 9.88 Å². The normalized spacial score (nSPS) is 12.0. The lowest BCUT2D eigenvalue weighted by Crippen LogP contribution is -2.43. The molecule has 4 heterocycles. The number of esters is 1. The van der Waals surface area contributed by atoms with Gasteiger partial charge in [0.25, 0.3) is 5.91 Å². The lowest BCUT2D eigenvalue weighted by Gasteiger charge is -2.17. The van der Waals surface area contributed by atoms with E-state index in [0.29, 0.717) is 17.0 Å². The minimum Gasteiger partial charge on any atom is -0.458 e. The smallest absolute Gasteiger partial charge is 0.329 e. The molecule has 0 aliphatic heterocycles. The predicted octanol–water partition coefficient (Wildman–Crippen LogP) is 5.50. The zero-order valence-electron chi connectivity index (χ0n) is 17.3. The monoisotopic (exact) mass is 493 g/mol. The van der Waals surface area contributed by atoms with Gasteiger partial charge in [-0.25, -0.2) is 9.78 Å². The van der Waals surface area contributed by atoms with Crippen molar-refractivity contribution in [3.63, 3.8) is 0 Å². The Morgan fingerprint density at radius 3 is 2.70 bits per heavy atom. The number of rotatable bonds is 8. The fourth-order valence-corrected chi connectivity index (χ4v) is 5.73. The van der Waals surface area contributed by atoms with Gasteiger partial charge in [0.05, 0.1) is 15.4 Å². The molecular weight excluding hydrogens is 474 g/mol. The highest BCUT2D eigenvalue weighted by atomic mass is 32.1. The number of benzene rings is 1. The Kier molecular flexibility index (Phi) is 6.34. The first-order valence-corrected chi connectivity index (χ1v) is 12.9. The number of thiophene rings is 2. The van der Waals surface area contributed by atoms with Crippen LogP contribution in [0.1, 0.15) is 20.9 Å². The number of para-hydroxylation sites is 1. The quantitative estimate of drug-likeness (QED) is 0.280. The Morgan fingerprint density at radius 2 is 1.88 bits per heavy atom. The van der Waals surface area contributed by atoms with E-state index in [0.717, 1.165) is 26.4 Å². The summed E-state index contributed by atoms with van der Waals surface area (Å²) in [4.78, 5) is 35.2. The van der Waals surface area contributed by atoms with E-state index in [-0.39, 0.29) is 12.5 Å². The Bertz CT molecular complexity index is 1370. The summed E-state index contributed by atoms with van der Waals surface area (Å²) in [5.74, 6) is -0.781. The molecule has 6 nitrogen and oxygen atoms in total. The van der Waals surface area contributed by atoms with Gasteiger partial charge in [-0.15, -0.1) is 34.0 Å². The van der Waals surface area contributed by atoms with Crippen LogP contribution in [0.25, 0.3) is 20.8 Å². The van der Waals surface area contributed by atoms with Gasteiger partial charge in [0.2, 0.25) is 0 Å². The summed E-state index contributed by atoms with van der Waals surface area (Å²) < 4.78 is 5.59. The number of nitrogens with one attached hydrogen (secondary N) is 2. The van der Waals surface area contributed by atoms with Crippen LogP contribution in [0.5, 0.6) is 0 Å². The summed E-state index contributed by atoms with van der Waals surface area (Å²) >= 11 is 4.46. The van der Waals surface area contributed by atoms with Crippen LogP contribution in [0.15, 0.2) is 70.9 Å². The largest absolute Gasteiger partial charge is 0.458 e. The number of hydrogen-bond donors (Lipinski definition) is 2. The van der Waals surface area contributed by atoms with Crippen molar-refractivity contribution in [1.82, 2.24) is 15.3 Å². The van der Waals surface area contributed by atoms with Crippen molar-refractivity contribution in [2.75, 3.05) is 0 Å². The van der Waals surface area contributed by atoms with Gasteiger partial charge >= 0.3 is 5.97 Å². The van der Waals surface area contributed by atoms with E-state index in [2.05, 4.69) is 15.3 Å². The number of carbonyl (C=O) groups is 2. The van der Waals surface area contributed by atoms with E-state index in [1.165, 1.54) is 22.7 Å². The van der Waals surface area contributed by atoms with E-state index >= 15 is 0 Å². The van der Waals surface area contributed by atoms with Gasteiger partial charge in [-0.3, -0.25) is 4.79 Å². The lowest BCUT2D eigenvalue weighted by molar-refractivity contribution is -0.147. The Morgan fingerprint density at radius 1 is 1.03 bits per heavy atom. The highest BCUT2D eigenvalue weighted by Gasteiger charge is 2.25. The number of carbonyl (C=O) groups excluding carboxylic acids is 2. The topological polar surface area (TPSA) is 84.1 Å². The summed E-state index contributed by atoms with van der Waals surface area (Å²) in [6, 6.07) is 14.6. The minimum absolute atomic E-state index is 0.0555. The standard InChI is InChI=1S/C24H19N3O3S3/c28-22(20-7-3-9-31-20)27-19(11-15-12-25-18-6-2-1-5-17(15)18)24(29)30-13-16-14-33-23(26-16)21-8-4-10-32-21/h1-10,12,14,19,25H,11,13H2,(H,27,28). The molecule has 5 aromatic rings. The van der Waals surface area contributed by atoms with Gasteiger partial charge < -0.3 is 15.0 Å². The maximum absolute atomic E-state index is 13.1. The summed E-state index contributed by atoms with van der Waals surface area (Å²) in [5.41, 5.74) is 2.60. The van der Waals surface area contributed by atoms with Crippen LogP contribution >= 0.6 is 34.0 Å². The van der Waals surface area contributed by atoms with Gasteiger partial charge in [0.1, 0.15) is 17.7 Å². The van der Waals surface area contributed by atoms with E-state index < -0.39 is 12.0 Å². The number of ether oxygens (including phenoxy) is 1. The molecule has 0 aliphatic carbocycles. The molecule has 0 bridgehead atoms. The Hall–Kier alpha value is -3.27. The first kappa shape index (κ1) is 21.6. The predicted molar refractivity (Wildman–Crippen MR) is 133 cm³/mol. The van der Waals surface area contributed by atoms with E-state index in [1.54, 1.807) is 23.5 Å². The lowest BCUT2D eigenvalue weighted by atomic mass is 10.0. The summed E-state index contributed by atoms with van der Waals surface area (Å²) in [7, 11) is 0. The fourth-order valence-electron chi connectivity index (χ4n) is 3.48. The number of fused-ring (bicyclic) bond motifs is 1. The molecule has 0 saturated heterocycles. The second-order valence-corrected chi connectivity index (χ2v) is 10.0. The second-order valence-electron chi connectivity index (χ2n) is 7.30. The Labute approximate surface area is 201 Å². The van der Waals surface area contributed by atoms with Crippen LogP contribution in [-0.4, -0.2) is 27.9 Å². The zero-order chi connectivity index (χ0) is 22.6. The van der Waals surface area contributed by atoms with Crippen molar-refractivity contribution >= 4 is 56.8 Å². The molecule has 0 fully saturated rings. The number of aromatic amines is 1. The number of amides is 1. The number of aromatic nitrogens is 2. The summed E-state index contributed by atoms with van der Waals surface area (Å²) in [5, 5.41) is 10.5. The van der Waals surface area contributed by atoms with Crippen LogP contribution in [0, 0.1) is 0 Å². The summed E-state index contributed by atoms with van der Waals surface area (Å²) in [6.45, 7) is 0.0555. The minimum atomic E-state index is -0.825. The van der Waals surface area contributed by atoms with Crippen LogP contribution < -0.4 is 5.32 Å². The highest BCUT2D eigenvalue weighted by Crippen LogP contribution is 2.28. The molecule has 4 aromatic heterocycles. The van der Waals surface area contributed by atoms with Crippen LogP contribution in [-0.2, 0) is 22.6 Å². The van der Waals surface area contributed by atoms with Gasteiger partial charge in [-0.05, 0) is 34.5 Å². The molecule has 5 rings (SSSR count). The molecule has 166 valence electrons. The van der Waals surface area contributed by atoms with Crippen molar-refractivity contribution in [2.24, 2.45) is 0 Å². The van der Waals surface area contributed by atoms with Crippen molar-refractivity contribution in [1.29, 1.82) is 0 Å². The second kappa shape index (κ2) is 9.70. The number of hydrogen-bond acceptors (Lipinski definition) is 7. The molecule has 0 spiro atoms. The van der Waals surface area contributed by atoms with Gasteiger partial charge in [0, 0.05) is 28.9 Å². The van der Waals surface area contributed by atoms with Gasteiger partial charge in [-0.1, -0.05) is 30.3 Å². The molecule has 33 heavy (non-hydrogen) atoms. The van der Waals surface area contributed by atoms with Crippen molar-refractivity contribution in [3.05, 3.63) is 87.0 Å². The zero-order valence-corrected chi connectivity index (χ0v) is 19.8. The molecule has 2 N–H and O–H groups in total. The number of nitrogens with zero attached hydrogens (tertiary/aromatic N) is 1. The molecule has 0 aliphatic rings. The Balaban J connectivity index is 1.31. The van der Waals surface area contributed by atoms with E-state index in [1.807, 2.05) is 58.7 Å². The van der Waals surface area contributed by atoms with Gasteiger partial charge in [-0.2, -0.15) is 0 Å². The van der Waals surface area contributed by atoms with Crippen molar-refractivity contribution < 1.29 is 14.3 Å². The number of H-pyrrole nitrogens is 1. The van der Waals surface area contributed by atoms with Crippen LogP contribution in [0.4, 0.5) is 0 Å². The van der Waals surface area contributed by atoms with E-state index in [9.17, 15) is 9.59 Å². The van der Waals surface area contributed by atoms with Crippen LogP contribution in [0.2, 0.25) is 0 Å². The third kappa shape index (κ3) is 4.90. The maximum atomic E-state index is 13.1. The molecule has 9 heteroatoms. The molecule has 1 amide bonds. The molecule has 1 aromatic carbocycles. The highest BCUT2D eigenvalue weighted by molar-refractivity contribution is 7.20. The van der Waals surface area contributed by atoms with Crippen LogP contribution in [0.3, 0.4) is 0 Å². The first-order chi connectivity index (χ1) is 16.2. The van der Waals surface area contributed by atoms with Crippen molar-refractivity contribution in [2.45, 2.75) is 19.1 Å². The molecule has 0 radical (unpaired) electrons. The average molecular weight is 494 g/mol. The molecule has 1 atom stereocenters. The first-order valence-electron chi connectivity index (χ1n) is 10.2. The SMILES string of the molecule is O=C(NC(Cc1c[nH]c2ccccc12)C(=O)OCc1csc(-c2cccs2)n1)c1cccs1. The molecular formula is C24H19N3O3S3. The summed E-state index contributed by atoms with van der Waals surface area (Å²) in [6.07, 6.45) is 2.19. The molecule has 0 saturated carbocycles.